The minimum Gasteiger partial charge on any atom is -0.408 e. The first-order chi connectivity index (χ1) is 14.2. The summed E-state index contributed by atoms with van der Waals surface area (Å²) in [6.45, 7) is 7.95. The Bertz CT molecular complexity index is 1130. The maximum Gasteiger partial charge on any atom is 0.420 e. The lowest BCUT2D eigenvalue weighted by atomic mass is 9.93. The molecule has 1 atom stereocenters. The van der Waals surface area contributed by atoms with Gasteiger partial charge in [0.05, 0.1) is 16.5 Å². The summed E-state index contributed by atoms with van der Waals surface area (Å²) in [6, 6.07) is 11.7. The van der Waals surface area contributed by atoms with Gasteiger partial charge in [0, 0.05) is 12.1 Å². The monoisotopic (exact) mass is 411 g/mol. The fraction of sp³-hybridized carbons (Fsp3) is 0.364. The first-order valence-electron chi connectivity index (χ1n) is 9.84. The van der Waals surface area contributed by atoms with E-state index in [2.05, 4.69) is 31.3 Å². The summed E-state index contributed by atoms with van der Waals surface area (Å²) in [4.78, 5) is 35.4. The number of nitro benzene ring substituents is 1. The Morgan fingerprint density at radius 2 is 1.73 bits per heavy atom. The molecule has 2 aromatic carbocycles. The van der Waals surface area contributed by atoms with Gasteiger partial charge in [-0.3, -0.25) is 19.5 Å². The van der Waals surface area contributed by atoms with E-state index in [-0.39, 0.29) is 41.2 Å². The molecular weight excluding hydrogens is 386 g/mol. The zero-order valence-corrected chi connectivity index (χ0v) is 17.4. The number of amides is 1. The Labute approximate surface area is 173 Å². The third-order valence-corrected chi connectivity index (χ3v) is 5.11. The third kappa shape index (κ3) is 4.42. The Balaban J connectivity index is 1.84. The number of aromatic nitrogens is 1. The summed E-state index contributed by atoms with van der Waals surface area (Å²) in [5.74, 6) is -0.574. The number of benzene rings is 2. The predicted octanol–water partition coefficient (Wildman–Crippen LogP) is 4.14. The van der Waals surface area contributed by atoms with Crippen molar-refractivity contribution in [2.45, 2.75) is 46.2 Å². The molecule has 0 bridgehead atoms. The second kappa shape index (κ2) is 8.52. The van der Waals surface area contributed by atoms with Crippen molar-refractivity contribution in [1.29, 1.82) is 0 Å². The van der Waals surface area contributed by atoms with Crippen LogP contribution in [0.3, 0.4) is 0 Å². The molecule has 1 unspecified atom stereocenters. The average molecular weight is 411 g/mol. The van der Waals surface area contributed by atoms with Crippen molar-refractivity contribution < 1.29 is 14.1 Å². The number of non-ortho nitro benzene ring substituents is 1. The smallest absolute Gasteiger partial charge is 0.408 e. The summed E-state index contributed by atoms with van der Waals surface area (Å²) >= 11 is 0. The molecule has 8 nitrogen and oxygen atoms in total. The van der Waals surface area contributed by atoms with Gasteiger partial charge in [0.2, 0.25) is 5.91 Å². The Morgan fingerprint density at radius 1 is 1.10 bits per heavy atom. The van der Waals surface area contributed by atoms with E-state index in [0.717, 1.165) is 10.1 Å². The number of nitro groups is 1. The van der Waals surface area contributed by atoms with Gasteiger partial charge in [0.15, 0.2) is 5.58 Å². The van der Waals surface area contributed by atoms with Crippen molar-refractivity contribution in [3.05, 3.63) is 74.3 Å². The Hall–Kier alpha value is -3.42. The van der Waals surface area contributed by atoms with Crippen molar-refractivity contribution in [1.82, 2.24) is 9.88 Å². The van der Waals surface area contributed by atoms with E-state index in [0.29, 0.717) is 5.92 Å². The molecule has 0 fully saturated rings. The lowest BCUT2D eigenvalue weighted by Crippen LogP contribution is -2.35. The highest BCUT2D eigenvalue weighted by Crippen LogP contribution is 2.24. The molecule has 1 N–H and O–H groups in total. The van der Waals surface area contributed by atoms with E-state index in [9.17, 15) is 19.7 Å². The molecule has 0 aliphatic rings. The number of nitrogens with zero attached hydrogens (tertiary/aromatic N) is 2. The van der Waals surface area contributed by atoms with Gasteiger partial charge in [-0.25, -0.2) is 4.79 Å². The van der Waals surface area contributed by atoms with Crippen molar-refractivity contribution in [2.24, 2.45) is 5.92 Å². The summed E-state index contributed by atoms with van der Waals surface area (Å²) in [5.41, 5.74) is 2.42. The van der Waals surface area contributed by atoms with Gasteiger partial charge < -0.3 is 9.73 Å². The molecular formula is C22H25N3O5. The van der Waals surface area contributed by atoms with Gasteiger partial charge in [0.25, 0.3) is 5.69 Å². The van der Waals surface area contributed by atoms with Gasteiger partial charge in [-0.15, -0.1) is 0 Å². The normalized spacial score (nSPS) is 12.5. The third-order valence-electron chi connectivity index (χ3n) is 5.11. The van der Waals surface area contributed by atoms with Crippen molar-refractivity contribution in [2.75, 3.05) is 0 Å². The van der Waals surface area contributed by atoms with Crippen molar-refractivity contribution >= 4 is 22.7 Å². The largest absolute Gasteiger partial charge is 0.420 e. The van der Waals surface area contributed by atoms with Crippen LogP contribution < -0.4 is 11.1 Å². The fourth-order valence-electron chi connectivity index (χ4n) is 3.40. The van der Waals surface area contributed by atoms with E-state index >= 15 is 0 Å². The van der Waals surface area contributed by atoms with Crippen LogP contribution in [0.25, 0.3) is 11.1 Å². The van der Waals surface area contributed by atoms with E-state index in [4.69, 9.17) is 4.42 Å². The van der Waals surface area contributed by atoms with Gasteiger partial charge in [-0.2, -0.15) is 0 Å². The average Bonchev–Trinajstić information content (AvgIpc) is 3.00. The Morgan fingerprint density at radius 3 is 2.30 bits per heavy atom. The lowest BCUT2D eigenvalue weighted by Gasteiger charge is -2.23. The highest BCUT2D eigenvalue weighted by atomic mass is 16.6. The van der Waals surface area contributed by atoms with Crippen molar-refractivity contribution in [3.8, 4) is 0 Å². The van der Waals surface area contributed by atoms with E-state index in [1.54, 1.807) is 0 Å². The van der Waals surface area contributed by atoms with E-state index < -0.39 is 10.7 Å². The van der Waals surface area contributed by atoms with Crippen LogP contribution in [0, 0.1) is 16.0 Å². The molecule has 0 aliphatic heterocycles. The van der Waals surface area contributed by atoms with Gasteiger partial charge in [0.1, 0.15) is 6.54 Å². The number of carbonyl (C=O) groups is 1. The maximum atomic E-state index is 12.7. The van der Waals surface area contributed by atoms with Gasteiger partial charge >= 0.3 is 5.76 Å². The topological polar surface area (TPSA) is 107 Å². The van der Waals surface area contributed by atoms with Crippen molar-refractivity contribution in [3.63, 3.8) is 0 Å². The lowest BCUT2D eigenvalue weighted by molar-refractivity contribution is -0.384. The maximum absolute atomic E-state index is 12.7. The highest BCUT2D eigenvalue weighted by Gasteiger charge is 2.21. The number of hydrogen-bond acceptors (Lipinski definition) is 5. The molecule has 1 aromatic heterocycles. The molecule has 0 saturated carbocycles. The molecule has 0 aliphatic carbocycles. The van der Waals surface area contributed by atoms with Gasteiger partial charge in [-0.05, 0) is 29.0 Å². The highest BCUT2D eigenvalue weighted by molar-refractivity contribution is 5.81. The van der Waals surface area contributed by atoms with Gasteiger partial charge in [-0.1, -0.05) is 52.0 Å². The van der Waals surface area contributed by atoms with Crippen LogP contribution in [-0.2, 0) is 11.3 Å². The molecule has 8 heteroatoms. The molecule has 1 heterocycles. The SMILES string of the molecule is CC(C)c1ccc(C(NC(=O)Cn2c(=O)oc3ccc([N+](=O)[O-])cc32)C(C)C)cc1. The van der Waals surface area contributed by atoms with Crippen LogP contribution in [0.1, 0.15) is 50.8 Å². The molecule has 3 rings (SSSR count). The minimum atomic E-state index is -0.733. The van der Waals surface area contributed by atoms with Crippen LogP contribution in [0.5, 0.6) is 0 Å². The van der Waals surface area contributed by atoms with Crippen LogP contribution in [0.4, 0.5) is 5.69 Å². The van der Waals surface area contributed by atoms with Crippen LogP contribution in [0.2, 0.25) is 0 Å². The summed E-state index contributed by atoms with van der Waals surface area (Å²) in [6.07, 6.45) is 0. The zero-order chi connectivity index (χ0) is 22.0. The Kier molecular flexibility index (Phi) is 6.05. The molecule has 158 valence electrons. The number of rotatable bonds is 7. The van der Waals surface area contributed by atoms with E-state index in [1.165, 1.54) is 23.8 Å². The fourth-order valence-corrected chi connectivity index (χ4v) is 3.40. The second-order valence-corrected chi connectivity index (χ2v) is 7.97. The molecule has 30 heavy (non-hydrogen) atoms. The zero-order valence-electron chi connectivity index (χ0n) is 17.4. The minimum absolute atomic E-state index is 0.123. The molecule has 0 radical (unpaired) electrons. The first kappa shape index (κ1) is 21.3. The van der Waals surface area contributed by atoms with Crippen LogP contribution >= 0.6 is 0 Å². The number of hydrogen-bond donors (Lipinski definition) is 1. The quantitative estimate of drug-likeness (QED) is 0.464. The summed E-state index contributed by atoms with van der Waals surface area (Å²) in [5, 5.41) is 14.0. The number of fused-ring (bicyclic) bond motifs is 1. The molecule has 1 amide bonds. The molecule has 0 spiro atoms. The summed E-state index contributed by atoms with van der Waals surface area (Å²) < 4.78 is 6.22. The second-order valence-electron chi connectivity index (χ2n) is 7.97. The summed E-state index contributed by atoms with van der Waals surface area (Å²) in [7, 11) is 0. The first-order valence-corrected chi connectivity index (χ1v) is 9.84. The number of oxazole rings is 1. The number of carbonyl (C=O) groups excluding carboxylic acids is 1. The molecule has 3 aromatic rings. The molecule has 0 saturated heterocycles. The number of nitrogens with one attached hydrogen (secondary N) is 1. The van der Waals surface area contributed by atoms with Crippen LogP contribution in [-0.4, -0.2) is 15.4 Å². The standard InChI is InChI=1S/C22H25N3O5/c1-13(2)15-5-7-16(8-6-15)21(14(3)4)23-20(26)12-24-18-11-17(25(28)29)9-10-19(18)30-22(24)27/h5-11,13-14,21H,12H2,1-4H3,(H,23,26). The predicted molar refractivity (Wildman–Crippen MR) is 113 cm³/mol. The van der Waals surface area contributed by atoms with Crippen LogP contribution in [0.15, 0.2) is 51.7 Å². The van der Waals surface area contributed by atoms with E-state index in [1.807, 2.05) is 26.0 Å².